The van der Waals surface area contributed by atoms with Crippen molar-refractivity contribution in [1.82, 2.24) is 9.55 Å². The van der Waals surface area contributed by atoms with Crippen LogP contribution in [0, 0.1) is 0 Å². The van der Waals surface area contributed by atoms with Gasteiger partial charge in [0.25, 0.3) is 5.56 Å². The Bertz CT molecular complexity index is 1620. The lowest BCUT2D eigenvalue weighted by atomic mass is 10.0. The second-order valence-electron chi connectivity index (χ2n) is 7.53. The Balaban J connectivity index is 1.73. The van der Waals surface area contributed by atoms with Gasteiger partial charge in [0.05, 0.1) is 22.2 Å². The number of benzene rings is 4. The first-order chi connectivity index (χ1) is 16.0. The number of rotatable bonds is 4. The van der Waals surface area contributed by atoms with E-state index in [9.17, 15) is 19.8 Å². The molecule has 4 aromatic carbocycles. The third-order valence-electron chi connectivity index (χ3n) is 5.52. The van der Waals surface area contributed by atoms with Crippen LogP contribution in [0.15, 0.2) is 89.7 Å². The highest BCUT2D eigenvalue weighted by Gasteiger charge is 2.13. The Morgan fingerprint density at radius 2 is 1.52 bits per heavy atom. The molecule has 5 aromatic rings. The molecule has 0 amide bonds. The molecule has 6 nitrogen and oxygen atoms in total. The van der Waals surface area contributed by atoms with Crippen molar-refractivity contribution in [2.24, 2.45) is 0 Å². The monoisotopic (exact) mass is 434 g/mol. The second kappa shape index (κ2) is 8.09. The summed E-state index contributed by atoms with van der Waals surface area (Å²) in [5.74, 6) is -0.573. The minimum atomic E-state index is -1.04. The van der Waals surface area contributed by atoms with Gasteiger partial charge in [0.1, 0.15) is 11.6 Å². The lowest BCUT2D eigenvalue weighted by molar-refractivity contribution is 0.0697. The number of hydrogen-bond donors (Lipinski definition) is 2. The highest BCUT2D eigenvalue weighted by molar-refractivity contribution is 5.95. The molecule has 33 heavy (non-hydrogen) atoms. The van der Waals surface area contributed by atoms with Gasteiger partial charge in [0.2, 0.25) is 0 Å². The SMILES string of the molecule is O=C(O)c1ccc(-n2c(C=Cc3c(O)ccc4ccccc34)nc3ccccc3c2=O)cc1. The van der Waals surface area contributed by atoms with Gasteiger partial charge in [-0.1, -0.05) is 42.5 Å². The molecular weight excluding hydrogens is 416 g/mol. The molecule has 0 fully saturated rings. The predicted octanol–water partition coefficient (Wildman–Crippen LogP) is 5.11. The highest BCUT2D eigenvalue weighted by Crippen LogP contribution is 2.29. The van der Waals surface area contributed by atoms with Crippen LogP contribution in [-0.2, 0) is 0 Å². The number of carboxylic acid groups (broad SMARTS) is 1. The molecule has 0 spiro atoms. The van der Waals surface area contributed by atoms with Crippen molar-refractivity contribution in [2.75, 3.05) is 0 Å². The molecule has 0 bridgehead atoms. The van der Waals surface area contributed by atoms with Gasteiger partial charge in [-0.15, -0.1) is 0 Å². The van der Waals surface area contributed by atoms with Gasteiger partial charge in [-0.3, -0.25) is 9.36 Å². The predicted molar refractivity (Wildman–Crippen MR) is 129 cm³/mol. The van der Waals surface area contributed by atoms with E-state index in [0.29, 0.717) is 28.0 Å². The topological polar surface area (TPSA) is 92.4 Å². The van der Waals surface area contributed by atoms with Crippen molar-refractivity contribution in [3.05, 3.63) is 112 Å². The van der Waals surface area contributed by atoms with Crippen LogP contribution in [0.3, 0.4) is 0 Å². The highest BCUT2D eigenvalue weighted by atomic mass is 16.4. The minimum Gasteiger partial charge on any atom is -0.507 e. The van der Waals surface area contributed by atoms with Crippen LogP contribution in [0.25, 0.3) is 39.5 Å². The number of phenolic OH excluding ortho intramolecular Hbond substituents is 1. The Morgan fingerprint density at radius 3 is 2.27 bits per heavy atom. The van der Waals surface area contributed by atoms with Gasteiger partial charge in [0.15, 0.2) is 0 Å². The van der Waals surface area contributed by atoms with E-state index in [4.69, 9.17) is 0 Å². The summed E-state index contributed by atoms with van der Waals surface area (Å²) in [4.78, 5) is 29.3. The zero-order chi connectivity index (χ0) is 22.9. The van der Waals surface area contributed by atoms with Crippen molar-refractivity contribution in [3.8, 4) is 11.4 Å². The summed E-state index contributed by atoms with van der Waals surface area (Å²) < 4.78 is 1.44. The van der Waals surface area contributed by atoms with Crippen LogP contribution in [0.5, 0.6) is 5.75 Å². The van der Waals surface area contributed by atoms with Crippen molar-refractivity contribution in [2.45, 2.75) is 0 Å². The van der Waals surface area contributed by atoms with Gasteiger partial charge < -0.3 is 10.2 Å². The van der Waals surface area contributed by atoms with Gasteiger partial charge in [0, 0.05) is 5.56 Å². The zero-order valence-electron chi connectivity index (χ0n) is 17.3. The summed E-state index contributed by atoms with van der Waals surface area (Å²) in [6.07, 6.45) is 3.41. The third-order valence-corrected chi connectivity index (χ3v) is 5.52. The Kier molecular flexibility index (Phi) is 4.95. The maximum atomic E-state index is 13.4. The molecule has 6 heteroatoms. The number of para-hydroxylation sites is 1. The molecule has 160 valence electrons. The summed E-state index contributed by atoms with van der Waals surface area (Å²) in [6.45, 7) is 0. The standard InChI is InChI=1S/C27H18N2O4/c30-24-15-11-17-5-1-2-6-20(17)21(24)14-16-25-28-23-8-4-3-7-22(23)26(31)29(25)19-12-9-18(10-13-19)27(32)33/h1-16,30H,(H,32,33). The number of phenols is 1. The normalized spacial score (nSPS) is 11.4. The van der Waals surface area contributed by atoms with Crippen LogP contribution < -0.4 is 5.56 Å². The van der Waals surface area contributed by atoms with E-state index in [1.807, 2.05) is 36.4 Å². The molecule has 5 rings (SSSR count). The maximum Gasteiger partial charge on any atom is 0.335 e. The largest absolute Gasteiger partial charge is 0.507 e. The van der Waals surface area contributed by atoms with Crippen molar-refractivity contribution < 1.29 is 15.0 Å². The first-order valence-corrected chi connectivity index (χ1v) is 10.3. The Morgan fingerprint density at radius 1 is 0.818 bits per heavy atom. The summed E-state index contributed by atoms with van der Waals surface area (Å²) in [7, 11) is 0. The van der Waals surface area contributed by atoms with Crippen molar-refractivity contribution >= 4 is 39.8 Å². The number of aromatic hydroxyl groups is 1. The Labute approximate surface area is 188 Å². The van der Waals surface area contributed by atoms with E-state index in [-0.39, 0.29) is 16.9 Å². The molecule has 1 aromatic heterocycles. The molecule has 0 atom stereocenters. The van der Waals surface area contributed by atoms with Crippen LogP contribution in [0.2, 0.25) is 0 Å². The smallest absolute Gasteiger partial charge is 0.335 e. The molecule has 0 saturated heterocycles. The average molecular weight is 434 g/mol. The fraction of sp³-hybridized carbons (Fsp3) is 0. The summed E-state index contributed by atoms with van der Waals surface area (Å²) >= 11 is 0. The van der Waals surface area contributed by atoms with Gasteiger partial charge >= 0.3 is 5.97 Å². The fourth-order valence-electron chi connectivity index (χ4n) is 3.88. The van der Waals surface area contributed by atoms with Crippen LogP contribution >= 0.6 is 0 Å². The molecule has 0 aliphatic heterocycles. The van der Waals surface area contributed by atoms with E-state index in [0.717, 1.165) is 10.8 Å². The number of nitrogens with zero attached hydrogens (tertiary/aromatic N) is 2. The van der Waals surface area contributed by atoms with E-state index in [1.165, 1.54) is 16.7 Å². The molecule has 0 saturated carbocycles. The number of hydrogen-bond acceptors (Lipinski definition) is 4. The van der Waals surface area contributed by atoms with Crippen molar-refractivity contribution in [1.29, 1.82) is 0 Å². The first-order valence-electron chi connectivity index (χ1n) is 10.3. The van der Waals surface area contributed by atoms with Gasteiger partial charge in [-0.2, -0.15) is 0 Å². The lowest BCUT2D eigenvalue weighted by Gasteiger charge is -2.12. The maximum absolute atomic E-state index is 13.4. The molecule has 1 heterocycles. The van der Waals surface area contributed by atoms with E-state index >= 15 is 0 Å². The van der Waals surface area contributed by atoms with Crippen molar-refractivity contribution in [3.63, 3.8) is 0 Å². The summed E-state index contributed by atoms with van der Waals surface area (Å²) in [6, 6.07) is 24.3. The third kappa shape index (κ3) is 3.64. The summed E-state index contributed by atoms with van der Waals surface area (Å²) in [5, 5.41) is 22.0. The van der Waals surface area contributed by atoms with E-state index in [1.54, 1.807) is 48.6 Å². The zero-order valence-corrected chi connectivity index (χ0v) is 17.3. The molecular formula is C27H18N2O4. The number of carboxylic acids is 1. The van der Waals surface area contributed by atoms with Crippen LogP contribution in [0.4, 0.5) is 0 Å². The minimum absolute atomic E-state index is 0.116. The first kappa shape index (κ1) is 20.2. The van der Waals surface area contributed by atoms with E-state index < -0.39 is 5.97 Å². The van der Waals surface area contributed by atoms with Gasteiger partial charge in [-0.25, -0.2) is 9.78 Å². The van der Waals surface area contributed by atoms with Crippen LogP contribution in [-0.4, -0.2) is 25.7 Å². The molecule has 0 aliphatic rings. The molecule has 0 aliphatic carbocycles. The second-order valence-corrected chi connectivity index (χ2v) is 7.53. The molecule has 0 radical (unpaired) electrons. The number of carbonyl (C=O) groups is 1. The lowest BCUT2D eigenvalue weighted by Crippen LogP contribution is -2.22. The summed E-state index contributed by atoms with van der Waals surface area (Å²) in [5.41, 5.74) is 1.50. The quantitative estimate of drug-likeness (QED) is 0.410. The number of fused-ring (bicyclic) bond motifs is 2. The van der Waals surface area contributed by atoms with Crippen LogP contribution in [0.1, 0.15) is 21.7 Å². The number of aromatic carboxylic acids is 1. The number of aromatic nitrogens is 2. The van der Waals surface area contributed by atoms with Gasteiger partial charge in [-0.05, 0) is 65.4 Å². The molecule has 2 N–H and O–H groups in total. The average Bonchev–Trinajstić information content (AvgIpc) is 2.83. The fourth-order valence-corrected chi connectivity index (χ4v) is 3.88. The van der Waals surface area contributed by atoms with E-state index in [2.05, 4.69) is 4.98 Å². The molecule has 0 unspecified atom stereocenters. The Hall–Kier alpha value is -4.71.